The molecule has 2 heteroatoms. The van der Waals surface area contributed by atoms with Crippen LogP contribution < -0.4 is 0 Å². The number of aliphatic hydroxyl groups is 2. The Kier molecular flexibility index (Phi) is 6.58. The maximum Gasteiger partial charge on any atom is 0.112 e. The van der Waals surface area contributed by atoms with Gasteiger partial charge in [0, 0.05) is 11.8 Å². The summed E-state index contributed by atoms with van der Waals surface area (Å²) in [6.45, 7) is 16.9. The molecule has 0 aromatic rings. The van der Waals surface area contributed by atoms with Crippen molar-refractivity contribution in [3.8, 4) is 0 Å². The molecule has 4 atom stereocenters. The minimum atomic E-state index is -1.34. The third-order valence-corrected chi connectivity index (χ3v) is 7.43. The highest BCUT2D eigenvalue weighted by Gasteiger charge is 2.40. The van der Waals surface area contributed by atoms with Crippen molar-refractivity contribution in [2.75, 3.05) is 0 Å². The van der Waals surface area contributed by atoms with Gasteiger partial charge in [0.15, 0.2) is 0 Å². The number of allylic oxidation sites excluding steroid dienone is 6. The van der Waals surface area contributed by atoms with E-state index in [0.717, 1.165) is 25.7 Å². The van der Waals surface area contributed by atoms with Crippen LogP contribution in [0.1, 0.15) is 81.1 Å². The maximum atomic E-state index is 11.1. The van der Waals surface area contributed by atoms with Gasteiger partial charge in [0.2, 0.25) is 0 Å². The van der Waals surface area contributed by atoms with E-state index in [9.17, 15) is 10.2 Å². The summed E-state index contributed by atoms with van der Waals surface area (Å²) in [6, 6.07) is 0. The predicted octanol–water partition coefficient (Wildman–Crippen LogP) is 6.37. The van der Waals surface area contributed by atoms with E-state index in [1.807, 2.05) is 0 Å². The predicted molar refractivity (Wildman–Crippen MR) is 120 cm³/mol. The van der Waals surface area contributed by atoms with Crippen LogP contribution >= 0.6 is 0 Å². The summed E-state index contributed by atoms with van der Waals surface area (Å²) < 4.78 is 0. The largest absolute Gasteiger partial charge is 0.383 e. The van der Waals surface area contributed by atoms with Crippen molar-refractivity contribution in [2.24, 2.45) is 22.7 Å². The van der Waals surface area contributed by atoms with Crippen molar-refractivity contribution < 1.29 is 10.2 Å². The molecule has 0 aliphatic heterocycles. The Morgan fingerprint density at radius 2 is 1.11 bits per heavy atom. The van der Waals surface area contributed by atoms with Crippen molar-refractivity contribution in [1.82, 2.24) is 0 Å². The molecular weight excluding hydrogens is 344 g/mol. The Morgan fingerprint density at radius 1 is 0.786 bits per heavy atom. The van der Waals surface area contributed by atoms with Gasteiger partial charge < -0.3 is 10.2 Å². The van der Waals surface area contributed by atoms with Gasteiger partial charge in [-0.05, 0) is 64.2 Å². The number of rotatable bonds is 5. The van der Waals surface area contributed by atoms with Crippen LogP contribution in [0, 0.1) is 22.7 Å². The lowest BCUT2D eigenvalue weighted by Crippen LogP contribution is -2.47. The third-order valence-electron chi connectivity index (χ3n) is 7.43. The standard InChI is InChI=1S/C26H42O2/c1-19-11-9-15-23(3,4)21(19)13-17-25(7,27)26(8,28)18-14-22-20(2)12-10-16-24(22,5)6/h11-14,17-18,21-22,27-28H,9-10,15-16H2,1-8H3. The Morgan fingerprint density at radius 3 is 1.39 bits per heavy atom. The average molecular weight is 387 g/mol. The minimum absolute atomic E-state index is 0.168. The van der Waals surface area contributed by atoms with E-state index < -0.39 is 11.2 Å². The fourth-order valence-corrected chi connectivity index (χ4v) is 4.87. The average Bonchev–Trinajstić information content (AvgIpc) is 2.52. The van der Waals surface area contributed by atoms with Gasteiger partial charge >= 0.3 is 0 Å². The molecule has 2 aliphatic rings. The third kappa shape index (κ3) is 4.89. The molecule has 2 nitrogen and oxygen atoms in total. The summed E-state index contributed by atoms with van der Waals surface area (Å²) >= 11 is 0. The lowest BCUT2D eigenvalue weighted by molar-refractivity contribution is -0.0691. The molecule has 0 amide bonds. The van der Waals surface area contributed by atoms with Crippen LogP contribution in [-0.4, -0.2) is 21.4 Å². The van der Waals surface area contributed by atoms with Gasteiger partial charge in [0.1, 0.15) is 11.2 Å². The first-order valence-corrected chi connectivity index (χ1v) is 10.9. The van der Waals surface area contributed by atoms with Gasteiger partial charge in [-0.25, -0.2) is 0 Å². The summed E-state index contributed by atoms with van der Waals surface area (Å²) in [4.78, 5) is 0. The second-order valence-corrected chi connectivity index (χ2v) is 10.9. The van der Waals surface area contributed by atoms with E-state index in [2.05, 4.69) is 65.8 Å². The molecule has 28 heavy (non-hydrogen) atoms. The molecule has 0 aromatic carbocycles. The van der Waals surface area contributed by atoms with Gasteiger partial charge in [0.05, 0.1) is 0 Å². The van der Waals surface area contributed by atoms with E-state index >= 15 is 0 Å². The van der Waals surface area contributed by atoms with Gasteiger partial charge in [-0.15, -0.1) is 0 Å². The van der Waals surface area contributed by atoms with E-state index in [4.69, 9.17) is 0 Å². The summed E-state index contributed by atoms with van der Waals surface area (Å²) in [6.07, 6.45) is 16.9. The second-order valence-electron chi connectivity index (χ2n) is 10.9. The summed E-state index contributed by atoms with van der Waals surface area (Å²) in [5, 5.41) is 22.3. The van der Waals surface area contributed by atoms with E-state index in [0.29, 0.717) is 0 Å². The number of hydrogen-bond donors (Lipinski definition) is 2. The van der Waals surface area contributed by atoms with Crippen molar-refractivity contribution in [3.05, 3.63) is 47.6 Å². The molecule has 158 valence electrons. The molecule has 0 heterocycles. The molecule has 0 saturated carbocycles. The summed E-state index contributed by atoms with van der Waals surface area (Å²) in [5.74, 6) is 0.574. The first-order valence-electron chi connectivity index (χ1n) is 10.9. The number of hydrogen-bond acceptors (Lipinski definition) is 2. The normalized spacial score (nSPS) is 31.9. The van der Waals surface area contributed by atoms with Gasteiger partial charge in [-0.1, -0.05) is 75.3 Å². The maximum absolute atomic E-state index is 11.1. The van der Waals surface area contributed by atoms with Gasteiger partial charge in [-0.2, -0.15) is 0 Å². The Hall–Kier alpha value is -1.12. The van der Waals surface area contributed by atoms with Crippen LogP contribution in [0.15, 0.2) is 47.6 Å². The Bertz CT molecular complexity index is 623. The molecule has 0 spiro atoms. The van der Waals surface area contributed by atoms with Crippen molar-refractivity contribution in [2.45, 2.75) is 92.3 Å². The van der Waals surface area contributed by atoms with Crippen LogP contribution in [0.25, 0.3) is 0 Å². The molecule has 0 aromatic heterocycles. The zero-order chi connectivity index (χ0) is 21.4. The first kappa shape index (κ1) is 23.2. The molecule has 2 aliphatic carbocycles. The van der Waals surface area contributed by atoms with E-state index in [1.54, 1.807) is 26.0 Å². The van der Waals surface area contributed by atoms with Crippen LogP contribution in [0.3, 0.4) is 0 Å². The molecule has 2 rings (SSSR count). The SMILES string of the molecule is CC1=CCCC(C)(C)C1C=CC(C)(O)C(C)(O)C=CC1C(C)=CCCC1(C)C. The van der Waals surface area contributed by atoms with E-state index in [-0.39, 0.29) is 22.7 Å². The lowest BCUT2D eigenvalue weighted by atomic mass is 9.67. The smallest absolute Gasteiger partial charge is 0.112 e. The highest BCUT2D eigenvalue weighted by atomic mass is 16.3. The highest BCUT2D eigenvalue weighted by molar-refractivity contribution is 5.26. The van der Waals surface area contributed by atoms with Crippen LogP contribution in [0.4, 0.5) is 0 Å². The zero-order valence-corrected chi connectivity index (χ0v) is 19.3. The minimum Gasteiger partial charge on any atom is -0.383 e. The fraction of sp³-hybridized carbons (Fsp3) is 0.692. The van der Waals surface area contributed by atoms with Gasteiger partial charge in [-0.3, -0.25) is 0 Å². The topological polar surface area (TPSA) is 40.5 Å². The van der Waals surface area contributed by atoms with Crippen LogP contribution in [0.2, 0.25) is 0 Å². The van der Waals surface area contributed by atoms with Gasteiger partial charge in [0.25, 0.3) is 0 Å². The second kappa shape index (κ2) is 7.95. The Balaban J connectivity index is 2.23. The summed E-state index contributed by atoms with van der Waals surface area (Å²) in [5.41, 5.74) is 0.357. The zero-order valence-electron chi connectivity index (χ0n) is 19.3. The van der Waals surface area contributed by atoms with Crippen molar-refractivity contribution in [1.29, 1.82) is 0 Å². The first-order chi connectivity index (χ1) is 12.7. The van der Waals surface area contributed by atoms with Crippen molar-refractivity contribution in [3.63, 3.8) is 0 Å². The molecule has 0 saturated heterocycles. The van der Waals surface area contributed by atoms with E-state index in [1.165, 1.54) is 11.1 Å². The molecular formula is C26H42O2. The van der Waals surface area contributed by atoms with Crippen molar-refractivity contribution >= 4 is 0 Å². The monoisotopic (exact) mass is 386 g/mol. The molecule has 0 fully saturated rings. The van der Waals surface area contributed by atoms with Crippen LogP contribution in [-0.2, 0) is 0 Å². The van der Waals surface area contributed by atoms with Crippen LogP contribution in [0.5, 0.6) is 0 Å². The quantitative estimate of drug-likeness (QED) is 0.539. The molecule has 4 unspecified atom stereocenters. The Labute approximate surface area is 173 Å². The fourth-order valence-electron chi connectivity index (χ4n) is 4.87. The lowest BCUT2D eigenvalue weighted by Gasteiger charge is -2.40. The summed E-state index contributed by atoms with van der Waals surface area (Å²) in [7, 11) is 0. The molecule has 2 N–H and O–H groups in total. The highest BCUT2D eigenvalue weighted by Crippen LogP contribution is 2.43. The molecule has 0 bridgehead atoms. The molecule has 0 radical (unpaired) electrons.